The van der Waals surface area contributed by atoms with Crippen LogP contribution in [0.4, 0.5) is 0 Å². The highest BCUT2D eigenvalue weighted by atomic mass is 16.1. The van der Waals surface area contributed by atoms with Crippen LogP contribution >= 0.6 is 0 Å². The fourth-order valence-corrected chi connectivity index (χ4v) is 2.45. The average Bonchev–Trinajstić information content (AvgIpc) is 2.69. The number of aromatic nitrogens is 2. The Labute approximate surface area is 114 Å². The number of likely N-dealkylation sites (N-methyl/N-ethyl adjacent to an activating group) is 2. The molecule has 0 radical (unpaired) electrons. The number of carbonyl (C=O) groups excluding carboxylic acids is 1. The topological polar surface area (TPSA) is 64.3 Å². The summed E-state index contributed by atoms with van der Waals surface area (Å²) < 4.78 is 0. The summed E-state index contributed by atoms with van der Waals surface area (Å²) in [5.41, 5.74) is 1.33. The van der Waals surface area contributed by atoms with E-state index < -0.39 is 0 Å². The van der Waals surface area contributed by atoms with Crippen molar-refractivity contribution in [2.45, 2.75) is 19.9 Å². The van der Waals surface area contributed by atoms with E-state index in [1.54, 1.807) is 0 Å². The van der Waals surface area contributed by atoms with Crippen LogP contribution in [0.2, 0.25) is 0 Å². The molecule has 1 saturated heterocycles. The van der Waals surface area contributed by atoms with Gasteiger partial charge in [-0.3, -0.25) is 9.69 Å². The maximum absolute atomic E-state index is 12.1. The minimum absolute atomic E-state index is 0.0940. The van der Waals surface area contributed by atoms with E-state index in [4.69, 9.17) is 0 Å². The molecule has 6 heteroatoms. The summed E-state index contributed by atoms with van der Waals surface area (Å²) in [7, 11) is 4.22. The number of rotatable bonds is 3. The quantitative estimate of drug-likeness (QED) is 0.807. The molecule has 1 aromatic heterocycles. The maximum atomic E-state index is 12.1. The second kappa shape index (κ2) is 5.71. The lowest BCUT2D eigenvalue weighted by Gasteiger charge is -2.37. The molecule has 19 heavy (non-hydrogen) atoms. The second-order valence-corrected chi connectivity index (χ2v) is 5.40. The lowest BCUT2D eigenvalue weighted by atomic mass is 10.2. The van der Waals surface area contributed by atoms with E-state index in [9.17, 15) is 4.79 Å². The van der Waals surface area contributed by atoms with Gasteiger partial charge in [0.15, 0.2) is 0 Å². The summed E-state index contributed by atoms with van der Waals surface area (Å²) in [5, 5.41) is 2.98. The number of nitrogens with zero attached hydrogens (tertiary/aromatic N) is 3. The fraction of sp³-hybridized carbons (Fsp3) is 0.692. The van der Waals surface area contributed by atoms with Crippen molar-refractivity contribution in [2.24, 2.45) is 0 Å². The summed E-state index contributed by atoms with van der Waals surface area (Å²) in [5.74, 6) is 0.681. The van der Waals surface area contributed by atoms with E-state index in [0.717, 1.165) is 31.2 Å². The first kappa shape index (κ1) is 14.0. The molecule has 0 aromatic carbocycles. The Morgan fingerprint density at radius 3 is 2.79 bits per heavy atom. The molecule has 0 spiro atoms. The van der Waals surface area contributed by atoms with Crippen LogP contribution in [0.25, 0.3) is 0 Å². The third-order valence-electron chi connectivity index (χ3n) is 3.70. The molecule has 1 aromatic rings. The van der Waals surface area contributed by atoms with Gasteiger partial charge >= 0.3 is 0 Å². The van der Waals surface area contributed by atoms with E-state index in [0.29, 0.717) is 18.3 Å². The van der Waals surface area contributed by atoms with Gasteiger partial charge in [-0.15, -0.1) is 0 Å². The molecule has 2 rings (SSSR count). The summed E-state index contributed by atoms with van der Waals surface area (Å²) in [6, 6.07) is 0.364. The summed E-state index contributed by atoms with van der Waals surface area (Å²) in [6.45, 7) is 7.49. The van der Waals surface area contributed by atoms with Crippen molar-refractivity contribution >= 4 is 5.91 Å². The Hall–Kier alpha value is -1.40. The first-order valence-electron chi connectivity index (χ1n) is 6.67. The largest absolute Gasteiger partial charge is 0.349 e. The molecule has 1 fully saturated rings. The first-order chi connectivity index (χ1) is 8.97. The van der Waals surface area contributed by atoms with Gasteiger partial charge in [-0.05, 0) is 27.9 Å². The Morgan fingerprint density at radius 2 is 2.16 bits per heavy atom. The van der Waals surface area contributed by atoms with E-state index >= 15 is 0 Å². The van der Waals surface area contributed by atoms with Crippen LogP contribution in [0.1, 0.15) is 22.0 Å². The number of amides is 1. The molecule has 1 aliphatic heterocycles. The molecule has 1 atom stereocenters. The van der Waals surface area contributed by atoms with Crippen molar-refractivity contribution in [3.8, 4) is 0 Å². The number of aryl methyl sites for hydroxylation is 2. The smallest absolute Gasteiger partial charge is 0.271 e. The summed E-state index contributed by atoms with van der Waals surface area (Å²) in [6.07, 6.45) is 0. The standard InChI is InChI=1S/C13H23N5O/c1-9-12(16-10(2)15-9)13(19)14-7-11-8-17(3)5-6-18(11)4/h11H,5-8H2,1-4H3,(H,14,19)(H,15,16). The number of carbonyl (C=O) groups is 1. The van der Waals surface area contributed by atoms with Gasteiger partial charge in [0.25, 0.3) is 5.91 Å². The zero-order chi connectivity index (χ0) is 14.0. The Balaban J connectivity index is 1.91. The van der Waals surface area contributed by atoms with Gasteiger partial charge in [0.1, 0.15) is 11.5 Å². The van der Waals surface area contributed by atoms with Crippen molar-refractivity contribution in [1.29, 1.82) is 0 Å². The molecule has 1 unspecified atom stereocenters. The van der Waals surface area contributed by atoms with Crippen molar-refractivity contribution in [3.63, 3.8) is 0 Å². The van der Waals surface area contributed by atoms with Gasteiger partial charge < -0.3 is 15.2 Å². The van der Waals surface area contributed by atoms with Gasteiger partial charge in [0.2, 0.25) is 0 Å². The number of imidazole rings is 1. The minimum atomic E-state index is -0.0940. The fourth-order valence-electron chi connectivity index (χ4n) is 2.45. The van der Waals surface area contributed by atoms with E-state index in [1.807, 2.05) is 13.8 Å². The van der Waals surface area contributed by atoms with E-state index in [2.05, 4.69) is 39.2 Å². The maximum Gasteiger partial charge on any atom is 0.271 e. The molecule has 2 N–H and O–H groups in total. The number of H-pyrrole nitrogens is 1. The van der Waals surface area contributed by atoms with Crippen LogP contribution in [0.3, 0.4) is 0 Å². The minimum Gasteiger partial charge on any atom is -0.349 e. The Morgan fingerprint density at radius 1 is 1.42 bits per heavy atom. The SMILES string of the molecule is Cc1nc(C(=O)NCC2CN(C)CCN2C)c(C)[nH]1. The molecule has 2 heterocycles. The number of aromatic amines is 1. The van der Waals surface area contributed by atoms with Crippen LogP contribution in [-0.4, -0.2) is 72.0 Å². The van der Waals surface area contributed by atoms with Gasteiger partial charge in [-0.25, -0.2) is 4.98 Å². The number of hydrogen-bond donors (Lipinski definition) is 2. The third-order valence-corrected chi connectivity index (χ3v) is 3.70. The number of nitrogens with one attached hydrogen (secondary N) is 2. The van der Waals surface area contributed by atoms with Crippen LogP contribution in [0.15, 0.2) is 0 Å². The normalized spacial score (nSPS) is 21.6. The predicted octanol–water partition coefficient (Wildman–Crippen LogP) is 0.00214. The molecule has 106 valence electrons. The highest BCUT2D eigenvalue weighted by Gasteiger charge is 2.23. The van der Waals surface area contributed by atoms with Crippen molar-refractivity contribution < 1.29 is 4.79 Å². The lowest BCUT2D eigenvalue weighted by Crippen LogP contribution is -2.54. The van der Waals surface area contributed by atoms with Crippen molar-refractivity contribution in [2.75, 3.05) is 40.3 Å². The van der Waals surface area contributed by atoms with Crippen LogP contribution in [0, 0.1) is 13.8 Å². The number of hydrogen-bond acceptors (Lipinski definition) is 4. The highest BCUT2D eigenvalue weighted by molar-refractivity contribution is 5.93. The molecule has 0 bridgehead atoms. The molecular formula is C13H23N5O. The van der Waals surface area contributed by atoms with Crippen molar-refractivity contribution in [1.82, 2.24) is 25.1 Å². The van der Waals surface area contributed by atoms with E-state index in [-0.39, 0.29) is 5.91 Å². The molecule has 1 amide bonds. The molecule has 0 aliphatic carbocycles. The summed E-state index contributed by atoms with van der Waals surface area (Å²) >= 11 is 0. The van der Waals surface area contributed by atoms with Gasteiger partial charge in [-0.2, -0.15) is 0 Å². The van der Waals surface area contributed by atoms with Crippen LogP contribution in [-0.2, 0) is 0 Å². The molecular weight excluding hydrogens is 242 g/mol. The molecule has 1 aliphatic rings. The van der Waals surface area contributed by atoms with E-state index in [1.165, 1.54) is 0 Å². The predicted molar refractivity (Wildman–Crippen MR) is 74.3 cm³/mol. The van der Waals surface area contributed by atoms with Gasteiger partial charge in [-0.1, -0.05) is 0 Å². The highest BCUT2D eigenvalue weighted by Crippen LogP contribution is 2.07. The zero-order valence-electron chi connectivity index (χ0n) is 12.2. The van der Waals surface area contributed by atoms with Gasteiger partial charge in [0, 0.05) is 37.9 Å². The Bertz CT molecular complexity index is 456. The molecule has 6 nitrogen and oxygen atoms in total. The van der Waals surface area contributed by atoms with Gasteiger partial charge in [0.05, 0.1) is 0 Å². The lowest BCUT2D eigenvalue weighted by molar-refractivity contribution is 0.0876. The average molecular weight is 265 g/mol. The summed E-state index contributed by atoms with van der Waals surface area (Å²) in [4.78, 5) is 23.9. The Kier molecular flexibility index (Phi) is 4.21. The van der Waals surface area contributed by atoms with Crippen LogP contribution < -0.4 is 5.32 Å². The monoisotopic (exact) mass is 265 g/mol. The third kappa shape index (κ3) is 3.33. The van der Waals surface area contributed by atoms with Crippen molar-refractivity contribution in [3.05, 3.63) is 17.2 Å². The van der Waals surface area contributed by atoms with Crippen LogP contribution in [0.5, 0.6) is 0 Å². The second-order valence-electron chi connectivity index (χ2n) is 5.40. The zero-order valence-corrected chi connectivity index (χ0v) is 12.2. The first-order valence-corrected chi connectivity index (χ1v) is 6.67. The number of piperazine rings is 1. The molecule has 0 saturated carbocycles.